The minimum atomic E-state index is -0.0292. The van der Waals surface area contributed by atoms with Crippen molar-refractivity contribution in [3.63, 3.8) is 0 Å². The van der Waals surface area contributed by atoms with Gasteiger partial charge in [0.2, 0.25) is 0 Å². The molecule has 3 nitrogen and oxygen atoms in total. The fraction of sp³-hybridized carbons (Fsp3) is 0.0938. The molecule has 3 heteroatoms. The standard InChI is InChI=1S/C32H24N2O/c1-32(2)27-15-9-8-14-25(27)26-20-23(17-18-28(26)32)34(22-11-4-3-5-12-22)31-33-29-19-16-21-10-6-7-13-24(21)30(29)35-31/h3-20H,1-2H3. The summed E-state index contributed by atoms with van der Waals surface area (Å²) in [5.41, 5.74) is 8.95. The molecule has 1 aliphatic rings. The Bertz CT molecular complexity index is 1730. The van der Waals surface area contributed by atoms with E-state index in [0.29, 0.717) is 6.01 Å². The van der Waals surface area contributed by atoms with Gasteiger partial charge in [0.25, 0.3) is 0 Å². The van der Waals surface area contributed by atoms with Gasteiger partial charge in [0.1, 0.15) is 5.52 Å². The SMILES string of the molecule is CC1(C)c2ccccc2-c2cc(N(c3ccccc3)c3nc4ccc5ccccc5c4o3)ccc21. The van der Waals surface area contributed by atoms with Crippen LogP contribution < -0.4 is 4.90 Å². The predicted molar refractivity (Wildman–Crippen MR) is 144 cm³/mol. The van der Waals surface area contributed by atoms with E-state index in [4.69, 9.17) is 9.40 Å². The molecule has 168 valence electrons. The highest BCUT2D eigenvalue weighted by Gasteiger charge is 2.35. The predicted octanol–water partition coefficient (Wildman–Crippen LogP) is 8.76. The monoisotopic (exact) mass is 452 g/mol. The quantitative estimate of drug-likeness (QED) is 0.269. The van der Waals surface area contributed by atoms with Crippen LogP contribution in [0.2, 0.25) is 0 Å². The topological polar surface area (TPSA) is 29.3 Å². The van der Waals surface area contributed by atoms with Crippen molar-refractivity contribution in [2.45, 2.75) is 19.3 Å². The Morgan fingerprint density at radius 2 is 1.40 bits per heavy atom. The van der Waals surface area contributed by atoms with Crippen molar-refractivity contribution in [2.24, 2.45) is 0 Å². The van der Waals surface area contributed by atoms with E-state index in [9.17, 15) is 0 Å². The Morgan fingerprint density at radius 1 is 0.657 bits per heavy atom. The van der Waals surface area contributed by atoms with Crippen molar-refractivity contribution in [3.05, 3.63) is 120 Å². The van der Waals surface area contributed by atoms with Crippen LogP contribution in [-0.4, -0.2) is 4.98 Å². The maximum atomic E-state index is 6.50. The molecule has 35 heavy (non-hydrogen) atoms. The molecular weight excluding hydrogens is 428 g/mol. The fourth-order valence-corrected chi connectivity index (χ4v) is 5.53. The first-order chi connectivity index (χ1) is 17.1. The number of nitrogens with zero attached hydrogens (tertiary/aromatic N) is 2. The minimum absolute atomic E-state index is 0.0292. The Morgan fingerprint density at radius 3 is 2.29 bits per heavy atom. The lowest BCUT2D eigenvalue weighted by atomic mass is 9.82. The van der Waals surface area contributed by atoms with E-state index in [-0.39, 0.29) is 5.41 Å². The molecule has 0 radical (unpaired) electrons. The number of hydrogen-bond donors (Lipinski definition) is 0. The third-order valence-corrected chi connectivity index (χ3v) is 7.30. The van der Waals surface area contributed by atoms with E-state index >= 15 is 0 Å². The average molecular weight is 453 g/mol. The van der Waals surface area contributed by atoms with Gasteiger partial charge in [-0.3, -0.25) is 4.90 Å². The van der Waals surface area contributed by atoms with Gasteiger partial charge in [-0.1, -0.05) is 92.7 Å². The van der Waals surface area contributed by atoms with Gasteiger partial charge >= 0.3 is 6.01 Å². The zero-order chi connectivity index (χ0) is 23.6. The molecule has 0 saturated carbocycles. The lowest BCUT2D eigenvalue weighted by Gasteiger charge is -2.24. The van der Waals surface area contributed by atoms with E-state index in [1.807, 2.05) is 36.4 Å². The molecule has 0 amide bonds. The smallest absolute Gasteiger partial charge is 0.307 e. The molecule has 0 atom stereocenters. The summed E-state index contributed by atoms with van der Waals surface area (Å²) >= 11 is 0. The van der Waals surface area contributed by atoms with Gasteiger partial charge in [-0.25, -0.2) is 0 Å². The summed E-state index contributed by atoms with van der Waals surface area (Å²) in [4.78, 5) is 7.06. The van der Waals surface area contributed by atoms with Crippen molar-refractivity contribution in [1.82, 2.24) is 4.98 Å². The Hall–Kier alpha value is -4.37. The van der Waals surface area contributed by atoms with Gasteiger partial charge in [-0.15, -0.1) is 0 Å². The molecular formula is C32H24N2O. The van der Waals surface area contributed by atoms with Gasteiger partial charge in [0, 0.05) is 10.8 Å². The van der Waals surface area contributed by atoms with Crippen LogP contribution in [-0.2, 0) is 5.41 Å². The van der Waals surface area contributed by atoms with E-state index in [1.54, 1.807) is 0 Å². The van der Waals surface area contributed by atoms with Crippen molar-refractivity contribution in [2.75, 3.05) is 4.90 Å². The molecule has 0 saturated heterocycles. The second-order valence-electron chi connectivity index (χ2n) is 9.70. The van der Waals surface area contributed by atoms with Crippen LogP contribution in [0.4, 0.5) is 17.4 Å². The molecule has 1 aliphatic carbocycles. The number of fused-ring (bicyclic) bond motifs is 6. The Balaban J connectivity index is 1.46. The molecule has 6 aromatic rings. The first-order valence-electron chi connectivity index (χ1n) is 12.0. The molecule has 5 aromatic carbocycles. The average Bonchev–Trinajstić information content (AvgIpc) is 3.42. The third-order valence-electron chi connectivity index (χ3n) is 7.30. The molecule has 0 bridgehead atoms. The van der Waals surface area contributed by atoms with Crippen LogP contribution in [0.5, 0.6) is 0 Å². The highest BCUT2D eigenvalue weighted by atomic mass is 16.4. The summed E-state index contributed by atoms with van der Waals surface area (Å²) in [5.74, 6) is 0. The number of para-hydroxylation sites is 1. The maximum Gasteiger partial charge on any atom is 0.307 e. The highest BCUT2D eigenvalue weighted by Crippen LogP contribution is 2.50. The molecule has 0 fully saturated rings. The number of hydrogen-bond acceptors (Lipinski definition) is 3. The first-order valence-corrected chi connectivity index (χ1v) is 12.0. The number of aromatic nitrogens is 1. The summed E-state index contributed by atoms with van der Waals surface area (Å²) in [6.07, 6.45) is 0. The van der Waals surface area contributed by atoms with Gasteiger partial charge in [-0.2, -0.15) is 4.98 Å². The summed E-state index contributed by atoms with van der Waals surface area (Å²) in [5, 5.41) is 2.21. The molecule has 0 aliphatic heterocycles. The maximum absolute atomic E-state index is 6.50. The lowest BCUT2D eigenvalue weighted by Crippen LogP contribution is -2.15. The van der Waals surface area contributed by atoms with E-state index in [0.717, 1.165) is 33.2 Å². The Kier molecular flexibility index (Phi) is 4.19. The van der Waals surface area contributed by atoms with E-state index in [2.05, 4.69) is 91.5 Å². The molecule has 1 heterocycles. The largest absolute Gasteiger partial charge is 0.422 e. The van der Waals surface area contributed by atoms with Crippen molar-refractivity contribution in [1.29, 1.82) is 0 Å². The minimum Gasteiger partial charge on any atom is -0.422 e. The van der Waals surface area contributed by atoms with Crippen LogP contribution in [0.15, 0.2) is 114 Å². The van der Waals surface area contributed by atoms with Gasteiger partial charge in [-0.05, 0) is 58.0 Å². The summed E-state index contributed by atoms with van der Waals surface area (Å²) in [7, 11) is 0. The van der Waals surface area contributed by atoms with Gasteiger partial charge in [0.15, 0.2) is 5.58 Å². The molecule has 1 aromatic heterocycles. The molecule has 0 unspecified atom stereocenters. The lowest BCUT2D eigenvalue weighted by molar-refractivity contribution is 0.611. The van der Waals surface area contributed by atoms with Gasteiger partial charge in [0.05, 0.1) is 11.4 Å². The second kappa shape index (κ2) is 7.31. The highest BCUT2D eigenvalue weighted by molar-refractivity contribution is 6.03. The van der Waals surface area contributed by atoms with Crippen LogP contribution in [0.1, 0.15) is 25.0 Å². The first kappa shape index (κ1) is 20.0. The second-order valence-corrected chi connectivity index (χ2v) is 9.70. The zero-order valence-electron chi connectivity index (χ0n) is 19.7. The van der Waals surface area contributed by atoms with Crippen molar-refractivity contribution in [3.8, 4) is 11.1 Å². The fourth-order valence-electron chi connectivity index (χ4n) is 5.53. The number of oxazole rings is 1. The van der Waals surface area contributed by atoms with Crippen LogP contribution in [0.3, 0.4) is 0 Å². The number of anilines is 3. The van der Waals surface area contributed by atoms with E-state index < -0.39 is 0 Å². The normalized spacial score (nSPS) is 13.7. The van der Waals surface area contributed by atoms with Crippen LogP contribution in [0.25, 0.3) is 33.0 Å². The van der Waals surface area contributed by atoms with Crippen LogP contribution >= 0.6 is 0 Å². The summed E-state index contributed by atoms with van der Waals surface area (Å²) in [6, 6.07) is 38.8. The Labute approximate surface area is 204 Å². The van der Waals surface area contributed by atoms with E-state index in [1.165, 1.54) is 22.3 Å². The van der Waals surface area contributed by atoms with Crippen molar-refractivity contribution >= 4 is 39.3 Å². The molecule has 0 N–H and O–H groups in total. The summed E-state index contributed by atoms with van der Waals surface area (Å²) < 4.78 is 6.50. The van der Waals surface area contributed by atoms with Gasteiger partial charge < -0.3 is 4.42 Å². The zero-order valence-corrected chi connectivity index (χ0v) is 19.7. The van der Waals surface area contributed by atoms with Crippen molar-refractivity contribution < 1.29 is 4.42 Å². The molecule has 0 spiro atoms. The number of rotatable bonds is 3. The van der Waals surface area contributed by atoms with Crippen LogP contribution in [0, 0.1) is 0 Å². The third kappa shape index (κ3) is 2.95. The molecule has 7 rings (SSSR count). The number of benzene rings is 5. The summed E-state index contributed by atoms with van der Waals surface area (Å²) in [6.45, 7) is 4.61.